The molecule has 0 bridgehead atoms. The third kappa shape index (κ3) is 4.26. The first-order valence-corrected chi connectivity index (χ1v) is 12.9. The number of thioether (sulfide) groups is 1. The van der Waals surface area contributed by atoms with E-state index in [-0.39, 0.29) is 5.25 Å². The number of ether oxygens (including phenoxy) is 1. The molecule has 1 aromatic carbocycles. The van der Waals surface area contributed by atoms with Crippen molar-refractivity contribution in [3.8, 4) is 5.69 Å². The summed E-state index contributed by atoms with van der Waals surface area (Å²) in [5, 5.41) is 4.49. The molecule has 8 heteroatoms. The summed E-state index contributed by atoms with van der Waals surface area (Å²) in [6.45, 7) is 8.32. The monoisotopic (exact) mass is 493 g/mol. The summed E-state index contributed by atoms with van der Waals surface area (Å²) in [4.78, 5) is 2.38. The summed E-state index contributed by atoms with van der Waals surface area (Å²) in [6.07, 6.45) is 5.14. The predicted octanol–water partition coefficient (Wildman–Crippen LogP) is 6.12. The van der Waals surface area contributed by atoms with E-state index in [0.717, 1.165) is 43.9 Å². The molecule has 4 nitrogen and oxygen atoms in total. The third-order valence-corrected chi connectivity index (χ3v) is 9.07. The van der Waals surface area contributed by atoms with Gasteiger partial charge in [-0.05, 0) is 43.4 Å². The van der Waals surface area contributed by atoms with E-state index in [4.69, 9.17) is 21.4 Å². The van der Waals surface area contributed by atoms with Crippen molar-refractivity contribution in [2.24, 2.45) is 5.92 Å². The zero-order valence-electron chi connectivity index (χ0n) is 19.2. The van der Waals surface area contributed by atoms with Gasteiger partial charge < -0.3 is 4.74 Å². The number of rotatable bonds is 4. The number of piperidine rings is 1. The molecule has 3 aliphatic heterocycles. The molecule has 2 atom stereocenters. The highest BCUT2D eigenvalue weighted by molar-refractivity contribution is 8.05. The molecule has 2 unspecified atom stereocenters. The van der Waals surface area contributed by atoms with Crippen LogP contribution in [-0.4, -0.2) is 51.2 Å². The van der Waals surface area contributed by atoms with Crippen LogP contribution < -0.4 is 0 Å². The number of aryl methyl sites for hydroxylation is 1. The number of hydrogen-bond acceptors (Lipinski definition) is 4. The molecule has 1 spiro atoms. The van der Waals surface area contributed by atoms with Crippen molar-refractivity contribution in [1.29, 1.82) is 0 Å². The molecule has 0 N–H and O–H groups in total. The first-order valence-electron chi connectivity index (χ1n) is 11.6. The van der Waals surface area contributed by atoms with E-state index in [1.54, 1.807) is 6.08 Å². The molecule has 5 rings (SSSR count). The van der Waals surface area contributed by atoms with Gasteiger partial charge in [0.15, 0.2) is 0 Å². The van der Waals surface area contributed by atoms with Crippen molar-refractivity contribution in [2.45, 2.75) is 62.8 Å². The summed E-state index contributed by atoms with van der Waals surface area (Å²) < 4.78 is 37.2. The maximum absolute atomic E-state index is 14.4. The zero-order valence-corrected chi connectivity index (χ0v) is 20.8. The second-order valence-corrected chi connectivity index (χ2v) is 11.6. The Balaban J connectivity index is 1.28. The van der Waals surface area contributed by atoms with Gasteiger partial charge in [-0.15, -0.1) is 11.8 Å². The van der Waals surface area contributed by atoms with Crippen LogP contribution >= 0.6 is 23.4 Å². The summed E-state index contributed by atoms with van der Waals surface area (Å²) in [5.74, 6) is -3.28. The lowest BCUT2D eigenvalue weighted by atomic mass is 9.77. The number of nitrogens with zero attached hydrogens (tertiary/aromatic N) is 3. The molecule has 0 aliphatic carbocycles. The minimum absolute atomic E-state index is 0.312. The largest absolute Gasteiger partial charge is 0.367 e. The fourth-order valence-corrected chi connectivity index (χ4v) is 7.21. The lowest BCUT2D eigenvalue weighted by molar-refractivity contribution is -0.215. The summed E-state index contributed by atoms with van der Waals surface area (Å²) in [6, 6.07) is 8.38. The highest BCUT2D eigenvalue weighted by Gasteiger charge is 2.60. The Morgan fingerprint density at radius 2 is 1.97 bits per heavy atom. The van der Waals surface area contributed by atoms with Gasteiger partial charge >= 0.3 is 0 Å². The maximum atomic E-state index is 14.4. The lowest BCUT2D eigenvalue weighted by Gasteiger charge is -2.51. The summed E-state index contributed by atoms with van der Waals surface area (Å²) >= 11 is 7.53. The van der Waals surface area contributed by atoms with Gasteiger partial charge in [0.1, 0.15) is 6.61 Å². The summed E-state index contributed by atoms with van der Waals surface area (Å²) in [7, 11) is 0. The van der Waals surface area contributed by atoms with Crippen LogP contribution in [0.25, 0.3) is 5.69 Å². The quantitative estimate of drug-likeness (QED) is 0.513. The van der Waals surface area contributed by atoms with Crippen molar-refractivity contribution < 1.29 is 13.5 Å². The predicted molar refractivity (Wildman–Crippen MR) is 129 cm³/mol. The Bertz CT molecular complexity index is 1060. The van der Waals surface area contributed by atoms with Gasteiger partial charge in [-0.3, -0.25) is 4.90 Å². The third-order valence-electron chi connectivity index (χ3n) is 7.34. The number of aromatic nitrogens is 2. The van der Waals surface area contributed by atoms with Gasteiger partial charge in [0, 0.05) is 31.4 Å². The molecular formula is C25H30ClF2N3OS. The fraction of sp³-hybridized carbons (Fsp3) is 0.560. The molecule has 4 heterocycles. The number of fused-ring (bicyclic) bond motifs is 2. The fourth-order valence-electron chi connectivity index (χ4n) is 5.38. The Hall–Kier alpha value is -1.41. The molecule has 3 aliphatic rings. The van der Waals surface area contributed by atoms with Gasteiger partial charge in [-0.25, -0.2) is 13.5 Å². The number of para-hydroxylation sites is 1. The van der Waals surface area contributed by atoms with E-state index in [0.29, 0.717) is 10.3 Å². The van der Waals surface area contributed by atoms with Gasteiger partial charge in [0.25, 0.3) is 5.92 Å². The number of benzene rings is 1. The first kappa shape index (κ1) is 23.3. The molecule has 0 radical (unpaired) electrons. The van der Waals surface area contributed by atoms with Crippen molar-refractivity contribution in [3.05, 3.63) is 57.7 Å². The molecule has 33 heavy (non-hydrogen) atoms. The molecule has 2 saturated heterocycles. The SMILES string of the molecule is Cc1nn(-c2ccccc2C(C)C)cc1CN1CCC2(CC1)OCC(F)(F)C1C=C(Cl)SC12. The highest BCUT2D eigenvalue weighted by Crippen LogP contribution is 2.56. The Labute approximate surface area is 203 Å². The van der Waals surface area contributed by atoms with Gasteiger partial charge in [-0.2, -0.15) is 5.10 Å². The molecule has 0 amide bonds. The molecule has 178 valence electrons. The molecule has 1 aromatic heterocycles. The van der Waals surface area contributed by atoms with Crippen LogP contribution in [0.4, 0.5) is 8.78 Å². The van der Waals surface area contributed by atoms with E-state index >= 15 is 0 Å². The topological polar surface area (TPSA) is 30.3 Å². The lowest BCUT2D eigenvalue weighted by Crippen LogP contribution is -2.61. The first-order chi connectivity index (χ1) is 15.7. The second kappa shape index (κ2) is 8.67. The van der Waals surface area contributed by atoms with E-state index in [1.165, 1.54) is 22.9 Å². The van der Waals surface area contributed by atoms with Gasteiger partial charge in [-0.1, -0.05) is 43.6 Å². The molecule has 2 aromatic rings. The van der Waals surface area contributed by atoms with Crippen molar-refractivity contribution >= 4 is 23.4 Å². The number of halogens is 3. The Morgan fingerprint density at radius 3 is 2.70 bits per heavy atom. The average Bonchev–Trinajstić information content (AvgIpc) is 3.37. The van der Waals surface area contributed by atoms with E-state index in [2.05, 4.69) is 50.1 Å². The van der Waals surface area contributed by atoms with Crippen LogP contribution in [0.3, 0.4) is 0 Å². The minimum Gasteiger partial charge on any atom is -0.367 e. The highest BCUT2D eigenvalue weighted by atomic mass is 35.5. The molecule has 0 saturated carbocycles. The maximum Gasteiger partial charge on any atom is 0.278 e. The van der Waals surface area contributed by atoms with Crippen LogP contribution in [-0.2, 0) is 11.3 Å². The number of likely N-dealkylation sites (tertiary alicyclic amines) is 1. The van der Waals surface area contributed by atoms with Gasteiger partial charge in [0.05, 0.1) is 32.5 Å². The van der Waals surface area contributed by atoms with Crippen LogP contribution in [0.1, 0.15) is 49.4 Å². The molecular weight excluding hydrogens is 464 g/mol. The van der Waals surface area contributed by atoms with Crippen LogP contribution in [0.15, 0.2) is 40.9 Å². The smallest absolute Gasteiger partial charge is 0.278 e. The Morgan fingerprint density at radius 1 is 1.24 bits per heavy atom. The number of alkyl halides is 2. The van der Waals surface area contributed by atoms with Crippen LogP contribution in [0.2, 0.25) is 0 Å². The Kier molecular flexibility index (Phi) is 6.13. The normalized spacial score (nSPS) is 26.6. The zero-order chi connectivity index (χ0) is 23.4. The van der Waals surface area contributed by atoms with Crippen molar-refractivity contribution in [3.63, 3.8) is 0 Å². The number of allylic oxidation sites excluding steroid dienone is 1. The minimum atomic E-state index is -2.85. The standard InChI is InChI=1S/C25H30ClF2N3OS/c1-16(2)19-6-4-5-7-21(19)31-14-18(17(3)29-31)13-30-10-8-24(9-11-30)23-20(12-22(26)33-23)25(27,28)15-32-24/h4-7,12,14,16,20,23H,8-11,13,15H2,1-3H3. The second-order valence-electron chi connectivity index (χ2n) is 9.82. The van der Waals surface area contributed by atoms with E-state index < -0.39 is 24.0 Å². The van der Waals surface area contributed by atoms with Crippen molar-refractivity contribution in [2.75, 3.05) is 19.7 Å². The average molecular weight is 494 g/mol. The van der Waals surface area contributed by atoms with Crippen LogP contribution in [0, 0.1) is 12.8 Å². The van der Waals surface area contributed by atoms with E-state index in [9.17, 15) is 8.78 Å². The number of hydrogen-bond donors (Lipinski definition) is 0. The van der Waals surface area contributed by atoms with Crippen LogP contribution in [0.5, 0.6) is 0 Å². The molecule has 2 fully saturated rings. The van der Waals surface area contributed by atoms with Gasteiger partial charge in [0.2, 0.25) is 0 Å². The van der Waals surface area contributed by atoms with Crippen molar-refractivity contribution in [1.82, 2.24) is 14.7 Å². The summed E-state index contributed by atoms with van der Waals surface area (Å²) in [5.41, 5.74) is 4.07. The van der Waals surface area contributed by atoms with E-state index in [1.807, 2.05) is 10.7 Å².